The summed E-state index contributed by atoms with van der Waals surface area (Å²) in [7, 11) is 0. The molecular weight excluding hydrogens is 172 g/mol. The molecule has 0 heterocycles. The van der Waals surface area contributed by atoms with Crippen molar-refractivity contribution in [2.75, 3.05) is 0 Å². The van der Waals surface area contributed by atoms with Gasteiger partial charge in [0.05, 0.1) is 6.61 Å². The van der Waals surface area contributed by atoms with Crippen molar-refractivity contribution < 1.29 is 5.11 Å². The highest BCUT2D eigenvalue weighted by atomic mass is 16.3. The number of allylic oxidation sites excluding steroid dienone is 1. The van der Waals surface area contributed by atoms with Crippen LogP contribution in [0.3, 0.4) is 0 Å². The van der Waals surface area contributed by atoms with E-state index in [0.29, 0.717) is 0 Å². The highest BCUT2D eigenvalue weighted by Crippen LogP contribution is 2.35. The molecule has 0 spiro atoms. The summed E-state index contributed by atoms with van der Waals surface area (Å²) in [6.45, 7) is 4.63. The number of rotatable bonds is 1. The van der Waals surface area contributed by atoms with Crippen LogP contribution in [0.4, 0.5) is 0 Å². The van der Waals surface area contributed by atoms with Crippen molar-refractivity contribution in [3.63, 3.8) is 0 Å². The van der Waals surface area contributed by atoms with Crippen LogP contribution in [0.25, 0.3) is 6.08 Å². The van der Waals surface area contributed by atoms with E-state index < -0.39 is 0 Å². The number of aliphatic hydroxyl groups excluding tert-OH is 1. The van der Waals surface area contributed by atoms with Gasteiger partial charge in [-0.15, -0.1) is 0 Å². The van der Waals surface area contributed by atoms with Gasteiger partial charge in [0.15, 0.2) is 0 Å². The Hall–Kier alpha value is -1.08. The molecule has 1 aliphatic carbocycles. The smallest absolute Gasteiger partial charge is 0.0681 e. The third kappa shape index (κ3) is 1.48. The van der Waals surface area contributed by atoms with Gasteiger partial charge in [-0.05, 0) is 28.5 Å². The van der Waals surface area contributed by atoms with Gasteiger partial charge in [0.25, 0.3) is 0 Å². The second-order valence-electron chi connectivity index (χ2n) is 4.57. The van der Waals surface area contributed by atoms with Crippen LogP contribution in [0, 0.1) is 0 Å². The van der Waals surface area contributed by atoms with E-state index in [4.69, 9.17) is 5.11 Å². The van der Waals surface area contributed by atoms with Gasteiger partial charge in [-0.25, -0.2) is 0 Å². The quantitative estimate of drug-likeness (QED) is 0.718. The van der Waals surface area contributed by atoms with Gasteiger partial charge in [-0.2, -0.15) is 0 Å². The SMILES string of the molecule is CC1(C)CC=Cc2ccc(CO)cc21. The van der Waals surface area contributed by atoms with Crippen LogP contribution in [0.15, 0.2) is 24.3 Å². The fraction of sp³-hybridized carbons (Fsp3) is 0.385. The topological polar surface area (TPSA) is 20.2 Å². The lowest BCUT2D eigenvalue weighted by molar-refractivity contribution is 0.281. The predicted octanol–water partition coefficient (Wildman–Crippen LogP) is 2.87. The fourth-order valence-electron chi connectivity index (χ4n) is 2.02. The van der Waals surface area contributed by atoms with Gasteiger partial charge in [0.2, 0.25) is 0 Å². The van der Waals surface area contributed by atoms with Crippen molar-refractivity contribution >= 4 is 6.08 Å². The molecule has 0 aliphatic heterocycles. The summed E-state index contributed by atoms with van der Waals surface area (Å²) in [6, 6.07) is 6.21. The molecule has 0 saturated heterocycles. The zero-order valence-electron chi connectivity index (χ0n) is 8.75. The minimum Gasteiger partial charge on any atom is -0.392 e. The van der Waals surface area contributed by atoms with E-state index in [1.807, 2.05) is 6.07 Å². The summed E-state index contributed by atoms with van der Waals surface area (Å²) in [4.78, 5) is 0. The highest BCUT2D eigenvalue weighted by Gasteiger charge is 2.24. The van der Waals surface area contributed by atoms with Crippen molar-refractivity contribution in [3.8, 4) is 0 Å². The molecule has 0 unspecified atom stereocenters. The molecule has 1 N–H and O–H groups in total. The van der Waals surface area contributed by atoms with E-state index in [9.17, 15) is 0 Å². The van der Waals surface area contributed by atoms with Crippen molar-refractivity contribution in [2.45, 2.75) is 32.3 Å². The second-order valence-corrected chi connectivity index (χ2v) is 4.57. The number of fused-ring (bicyclic) bond motifs is 1. The van der Waals surface area contributed by atoms with E-state index >= 15 is 0 Å². The maximum absolute atomic E-state index is 9.09. The zero-order chi connectivity index (χ0) is 10.2. The molecule has 0 radical (unpaired) electrons. The van der Waals surface area contributed by atoms with Crippen LogP contribution in [0.1, 0.15) is 37.0 Å². The first-order valence-corrected chi connectivity index (χ1v) is 5.04. The first-order valence-electron chi connectivity index (χ1n) is 5.04. The van der Waals surface area contributed by atoms with E-state index in [2.05, 4.69) is 38.1 Å². The monoisotopic (exact) mass is 188 g/mol. The normalized spacial score (nSPS) is 17.9. The first kappa shape index (κ1) is 9.47. The molecule has 0 aromatic heterocycles. The molecule has 0 atom stereocenters. The summed E-state index contributed by atoms with van der Waals surface area (Å²) >= 11 is 0. The van der Waals surface area contributed by atoms with Gasteiger partial charge >= 0.3 is 0 Å². The Kier molecular flexibility index (Phi) is 2.20. The van der Waals surface area contributed by atoms with Crippen LogP contribution >= 0.6 is 0 Å². The molecule has 0 bridgehead atoms. The number of aliphatic hydroxyl groups is 1. The van der Waals surface area contributed by atoms with Gasteiger partial charge < -0.3 is 5.11 Å². The third-order valence-electron chi connectivity index (χ3n) is 2.95. The largest absolute Gasteiger partial charge is 0.392 e. The second kappa shape index (κ2) is 3.25. The minimum absolute atomic E-state index is 0.132. The molecule has 14 heavy (non-hydrogen) atoms. The minimum atomic E-state index is 0.132. The van der Waals surface area contributed by atoms with Gasteiger partial charge in [0.1, 0.15) is 0 Å². The van der Waals surface area contributed by atoms with Gasteiger partial charge in [-0.3, -0.25) is 0 Å². The molecule has 1 aromatic rings. The standard InChI is InChI=1S/C13H16O/c1-13(2)7-3-4-11-6-5-10(9-14)8-12(11)13/h3-6,8,14H,7,9H2,1-2H3. The molecule has 2 rings (SSSR count). The van der Waals surface area contributed by atoms with E-state index in [-0.39, 0.29) is 12.0 Å². The van der Waals surface area contributed by atoms with Crippen molar-refractivity contribution in [2.24, 2.45) is 0 Å². The maximum Gasteiger partial charge on any atom is 0.0681 e. The lowest BCUT2D eigenvalue weighted by atomic mass is 9.75. The Morgan fingerprint density at radius 3 is 2.86 bits per heavy atom. The van der Waals surface area contributed by atoms with Crippen molar-refractivity contribution in [1.82, 2.24) is 0 Å². The summed E-state index contributed by atoms with van der Waals surface area (Å²) in [5, 5.41) is 9.09. The molecule has 0 fully saturated rings. The number of hydrogen-bond acceptors (Lipinski definition) is 1. The fourth-order valence-corrected chi connectivity index (χ4v) is 2.02. The van der Waals surface area contributed by atoms with Crippen LogP contribution in [-0.2, 0) is 12.0 Å². The summed E-state index contributed by atoms with van der Waals surface area (Å²) in [6.07, 6.45) is 5.47. The van der Waals surface area contributed by atoms with Gasteiger partial charge in [-0.1, -0.05) is 44.2 Å². The highest BCUT2D eigenvalue weighted by molar-refractivity contribution is 5.59. The molecule has 1 aromatic carbocycles. The molecule has 74 valence electrons. The van der Waals surface area contributed by atoms with Crippen LogP contribution < -0.4 is 0 Å². The van der Waals surface area contributed by atoms with Gasteiger partial charge in [0, 0.05) is 0 Å². The maximum atomic E-state index is 9.09. The van der Waals surface area contributed by atoms with E-state index in [1.54, 1.807) is 0 Å². The average Bonchev–Trinajstić information content (AvgIpc) is 2.17. The first-order chi connectivity index (χ1) is 6.63. The lowest BCUT2D eigenvalue weighted by Crippen LogP contribution is -2.20. The third-order valence-corrected chi connectivity index (χ3v) is 2.95. The summed E-state index contributed by atoms with van der Waals surface area (Å²) in [5.74, 6) is 0. The van der Waals surface area contributed by atoms with E-state index in [0.717, 1.165) is 12.0 Å². The van der Waals surface area contributed by atoms with E-state index in [1.165, 1.54) is 11.1 Å². The Balaban J connectivity index is 2.55. The predicted molar refractivity (Wildman–Crippen MR) is 59.0 cm³/mol. The number of hydrogen-bond donors (Lipinski definition) is 1. The Morgan fingerprint density at radius 2 is 2.14 bits per heavy atom. The Labute approximate surface area is 85.1 Å². The molecule has 0 amide bonds. The van der Waals surface area contributed by atoms with Crippen molar-refractivity contribution in [1.29, 1.82) is 0 Å². The molecule has 1 heteroatoms. The molecule has 0 saturated carbocycles. The van der Waals surface area contributed by atoms with Crippen LogP contribution in [0.2, 0.25) is 0 Å². The zero-order valence-corrected chi connectivity index (χ0v) is 8.75. The summed E-state index contributed by atoms with van der Waals surface area (Å²) in [5.41, 5.74) is 3.85. The van der Waals surface area contributed by atoms with Crippen molar-refractivity contribution in [3.05, 3.63) is 41.0 Å². The molecule has 1 nitrogen and oxygen atoms in total. The Bertz CT molecular complexity index is 375. The van der Waals surface area contributed by atoms with Crippen LogP contribution in [0.5, 0.6) is 0 Å². The molecule has 1 aliphatic rings. The lowest BCUT2D eigenvalue weighted by Gasteiger charge is -2.29. The number of benzene rings is 1. The Morgan fingerprint density at radius 1 is 1.36 bits per heavy atom. The molecular formula is C13H16O. The average molecular weight is 188 g/mol. The van der Waals surface area contributed by atoms with Crippen LogP contribution in [-0.4, -0.2) is 5.11 Å². The summed E-state index contributed by atoms with van der Waals surface area (Å²) < 4.78 is 0.